The van der Waals surface area contributed by atoms with Gasteiger partial charge in [-0.1, -0.05) is 0 Å². The zero-order chi connectivity index (χ0) is 17.0. The van der Waals surface area contributed by atoms with Crippen molar-refractivity contribution < 1.29 is 19.6 Å². The monoisotopic (exact) mass is 322 g/mol. The van der Waals surface area contributed by atoms with Crippen LogP contribution in [0.25, 0.3) is 0 Å². The van der Waals surface area contributed by atoms with Crippen molar-refractivity contribution in [3.05, 3.63) is 33.9 Å². The first kappa shape index (κ1) is 16.7. The molecular formula is C14H18N4O5. The third-order valence-electron chi connectivity index (χ3n) is 3.77. The van der Waals surface area contributed by atoms with Crippen molar-refractivity contribution in [1.82, 2.24) is 10.2 Å². The maximum absolute atomic E-state index is 12.7. The molecule has 1 aliphatic heterocycles. The number of carbonyl (C=O) groups is 2. The van der Waals surface area contributed by atoms with Crippen LogP contribution in [0.1, 0.15) is 23.2 Å². The summed E-state index contributed by atoms with van der Waals surface area (Å²) < 4.78 is 0. The predicted octanol–water partition coefficient (Wildman–Crippen LogP) is 1.51. The van der Waals surface area contributed by atoms with E-state index in [4.69, 9.17) is 0 Å². The number of piperidine rings is 1. The quantitative estimate of drug-likeness (QED) is 0.566. The van der Waals surface area contributed by atoms with Gasteiger partial charge in [0.2, 0.25) is 0 Å². The average molecular weight is 322 g/mol. The number of hydrogen-bond donors (Lipinski definition) is 3. The molecule has 23 heavy (non-hydrogen) atoms. The van der Waals surface area contributed by atoms with E-state index >= 15 is 0 Å². The zero-order valence-corrected chi connectivity index (χ0v) is 12.6. The Morgan fingerprint density at radius 1 is 1.48 bits per heavy atom. The van der Waals surface area contributed by atoms with E-state index in [-0.39, 0.29) is 11.3 Å². The molecule has 1 unspecified atom stereocenters. The van der Waals surface area contributed by atoms with Crippen molar-refractivity contribution in [1.29, 1.82) is 0 Å². The summed E-state index contributed by atoms with van der Waals surface area (Å²) in [6.07, 6.45) is -0.0398. The van der Waals surface area contributed by atoms with Gasteiger partial charge >= 0.3 is 6.09 Å². The van der Waals surface area contributed by atoms with Crippen LogP contribution in [0, 0.1) is 10.1 Å². The summed E-state index contributed by atoms with van der Waals surface area (Å²) >= 11 is 0. The second kappa shape index (κ2) is 7.05. The number of amides is 2. The fraction of sp³-hybridized carbons (Fsp3) is 0.429. The number of hydrogen-bond acceptors (Lipinski definition) is 6. The smallest absolute Gasteiger partial charge is 0.414 e. The minimum atomic E-state index is -1.36. The van der Waals surface area contributed by atoms with Gasteiger partial charge in [0.25, 0.3) is 11.6 Å². The minimum absolute atomic E-state index is 0.0327. The maximum atomic E-state index is 12.7. The molecule has 0 saturated carbocycles. The zero-order valence-electron chi connectivity index (χ0n) is 12.6. The lowest BCUT2D eigenvalue weighted by molar-refractivity contribution is -0.384. The Hall–Kier alpha value is -2.68. The van der Waals surface area contributed by atoms with Gasteiger partial charge in [0, 0.05) is 31.4 Å². The van der Waals surface area contributed by atoms with E-state index in [0.717, 1.165) is 23.9 Å². The number of carboxylic acid groups (broad SMARTS) is 1. The fourth-order valence-electron chi connectivity index (χ4n) is 2.63. The standard InChI is InChI=1S/C14H18N4O5/c1-15-12-5-4-9(18(22)23)7-11(12)13(19)17(14(20)21)10-3-2-6-16-8-10/h4-5,7,10,15-16H,2-3,6,8H2,1H3,(H,20,21). The van der Waals surface area contributed by atoms with Crippen LogP contribution in [0.3, 0.4) is 0 Å². The third-order valence-corrected chi connectivity index (χ3v) is 3.77. The van der Waals surface area contributed by atoms with Gasteiger partial charge in [-0.05, 0) is 25.5 Å². The lowest BCUT2D eigenvalue weighted by Gasteiger charge is -2.31. The van der Waals surface area contributed by atoms with E-state index in [0.29, 0.717) is 18.7 Å². The highest BCUT2D eigenvalue weighted by Gasteiger charge is 2.33. The van der Waals surface area contributed by atoms with Gasteiger partial charge in [0.1, 0.15) is 0 Å². The van der Waals surface area contributed by atoms with Crippen LogP contribution < -0.4 is 10.6 Å². The molecule has 9 heteroatoms. The van der Waals surface area contributed by atoms with Gasteiger partial charge in [0.15, 0.2) is 0 Å². The number of benzene rings is 1. The Morgan fingerprint density at radius 2 is 2.22 bits per heavy atom. The van der Waals surface area contributed by atoms with Gasteiger partial charge in [-0.25, -0.2) is 9.69 Å². The summed E-state index contributed by atoms with van der Waals surface area (Å²) in [6, 6.07) is 3.26. The molecule has 0 aromatic heterocycles. The molecule has 0 spiro atoms. The highest BCUT2D eigenvalue weighted by molar-refractivity contribution is 6.06. The molecule has 1 fully saturated rings. The molecule has 2 amide bonds. The van der Waals surface area contributed by atoms with Gasteiger partial charge < -0.3 is 15.7 Å². The van der Waals surface area contributed by atoms with Gasteiger partial charge in [0.05, 0.1) is 16.5 Å². The second-order valence-corrected chi connectivity index (χ2v) is 5.19. The van der Waals surface area contributed by atoms with Crippen LogP contribution in [0.4, 0.5) is 16.2 Å². The molecule has 9 nitrogen and oxygen atoms in total. The Morgan fingerprint density at radius 3 is 2.74 bits per heavy atom. The number of rotatable bonds is 4. The van der Waals surface area contributed by atoms with Gasteiger partial charge in [-0.3, -0.25) is 14.9 Å². The molecule has 1 aliphatic rings. The van der Waals surface area contributed by atoms with Crippen LogP contribution in [-0.2, 0) is 0 Å². The molecule has 124 valence electrons. The van der Waals surface area contributed by atoms with E-state index in [9.17, 15) is 24.8 Å². The highest BCUT2D eigenvalue weighted by Crippen LogP contribution is 2.25. The van der Waals surface area contributed by atoms with Crippen LogP contribution >= 0.6 is 0 Å². The Bertz CT molecular complexity index is 628. The molecule has 1 aromatic rings. The summed E-state index contributed by atoms with van der Waals surface area (Å²) in [5, 5.41) is 26.2. The summed E-state index contributed by atoms with van der Waals surface area (Å²) in [5.74, 6) is -0.765. The fourth-order valence-corrected chi connectivity index (χ4v) is 2.63. The first-order chi connectivity index (χ1) is 11.0. The molecule has 0 radical (unpaired) electrons. The normalized spacial score (nSPS) is 17.3. The first-order valence-electron chi connectivity index (χ1n) is 7.19. The summed E-state index contributed by atoms with van der Waals surface area (Å²) in [5.41, 5.74) is 0.0461. The highest BCUT2D eigenvalue weighted by atomic mass is 16.6. The van der Waals surface area contributed by atoms with Crippen molar-refractivity contribution in [3.63, 3.8) is 0 Å². The van der Waals surface area contributed by atoms with Crippen LogP contribution in [-0.4, -0.2) is 53.1 Å². The van der Waals surface area contributed by atoms with Crippen molar-refractivity contribution >= 4 is 23.4 Å². The summed E-state index contributed by atoms with van der Waals surface area (Å²) in [6.45, 7) is 1.15. The van der Waals surface area contributed by atoms with Crippen molar-refractivity contribution in [3.8, 4) is 0 Å². The number of nitro groups is 1. The van der Waals surface area contributed by atoms with E-state index in [2.05, 4.69) is 10.6 Å². The van der Waals surface area contributed by atoms with E-state index in [1.165, 1.54) is 12.1 Å². The topological polar surface area (TPSA) is 125 Å². The van der Waals surface area contributed by atoms with Crippen LogP contribution in [0.15, 0.2) is 18.2 Å². The number of nitro benzene ring substituents is 1. The molecular weight excluding hydrogens is 304 g/mol. The van der Waals surface area contributed by atoms with Gasteiger partial charge in [-0.15, -0.1) is 0 Å². The van der Waals surface area contributed by atoms with Crippen LogP contribution in [0.5, 0.6) is 0 Å². The van der Waals surface area contributed by atoms with Crippen LogP contribution in [0.2, 0.25) is 0 Å². The number of non-ortho nitro benzene ring substituents is 1. The van der Waals surface area contributed by atoms with Crippen molar-refractivity contribution in [2.75, 3.05) is 25.5 Å². The number of nitrogens with zero attached hydrogens (tertiary/aromatic N) is 2. The largest absolute Gasteiger partial charge is 0.465 e. The third kappa shape index (κ3) is 3.57. The molecule has 1 saturated heterocycles. The number of carbonyl (C=O) groups excluding carboxylic acids is 1. The van der Waals surface area contributed by atoms with Crippen molar-refractivity contribution in [2.24, 2.45) is 0 Å². The Labute approximate surface area is 132 Å². The van der Waals surface area contributed by atoms with Crippen molar-refractivity contribution in [2.45, 2.75) is 18.9 Å². The first-order valence-corrected chi connectivity index (χ1v) is 7.19. The lowest BCUT2D eigenvalue weighted by Crippen LogP contribution is -2.51. The van der Waals surface area contributed by atoms with E-state index in [1.807, 2.05) is 0 Å². The minimum Gasteiger partial charge on any atom is -0.465 e. The molecule has 1 atom stereocenters. The van der Waals surface area contributed by atoms with E-state index in [1.54, 1.807) is 7.05 Å². The predicted molar refractivity (Wildman–Crippen MR) is 82.7 cm³/mol. The second-order valence-electron chi connectivity index (χ2n) is 5.19. The Kier molecular flexibility index (Phi) is 5.12. The molecule has 2 rings (SSSR count). The molecule has 0 bridgehead atoms. The molecule has 3 N–H and O–H groups in total. The average Bonchev–Trinajstić information content (AvgIpc) is 2.54. The van der Waals surface area contributed by atoms with Gasteiger partial charge in [-0.2, -0.15) is 0 Å². The summed E-state index contributed by atoms with van der Waals surface area (Å²) in [4.78, 5) is 35.3. The Balaban J connectivity index is 2.40. The molecule has 1 aromatic carbocycles. The lowest BCUT2D eigenvalue weighted by atomic mass is 10.0. The number of anilines is 1. The molecule has 1 heterocycles. The SMILES string of the molecule is CNc1ccc([N+](=O)[O-])cc1C(=O)N(C(=O)O)C1CCCNC1. The van der Waals surface area contributed by atoms with E-state index < -0.39 is 23.0 Å². The molecule has 0 aliphatic carbocycles. The summed E-state index contributed by atoms with van der Waals surface area (Å²) in [7, 11) is 1.56. The number of nitrogens with one attached hydrogen (secondary N) is 2. The number of imide groups is 1. The maximum Gasteiger partial charge on any atom is 0.414 e.